The van der Waals surface area contributed by atoms with Crippen LogP contribution in [0.2, 0.25) is 10.0 Å². The van der Waals surface area contributed by atoms with Gasteiger partial charge in [0.2, 0.25) is 0 Å². The van der Waals surface area contributed by atoms with E-state index in [0.29, 0.717) is 10.6 Å². The lowest BCUT2D eigenvalue weighted by Gasteiger charge is -2.30. The lowest BCUT2D eigenvalue weighted by molar-refractivity contribution is -0.142. The van der Waals surface area contributed by atoms with Gasteiger partial charge >= 0.3 is 11.9 Å². The van der Waals surface area contributed by atoms with Crippen LogP contribution in [0.15, 0.2) is 84.2 Å². The Balaban J connectivity index is 1.71. The van der Waals surface area contributed by atoms with Crippen LogP contribution < -0.4 is 0 Å². The molecule has 1 aromatic heterocycles. The second kappa shape index (κ2) is 12.9. The normalized spacial score (nSPS) is 11.6. The second-order valence-corrected chi connectivity index (χ2v) is 10.5. The number of amides is 1. The number of carboxylic acid groups (broad SMARTS) is 1. The zero-order chi connectivity index (χ0) is 27.9. The average molecular weight is 583 g/mol. The zero-order valence-corrected chi connectivity index (χ0v) is 23.3. The van der Waals surface area contributed by atoms with E-state index >= 15 is 0 Å². The van der Waals surface area contributed by atoms with E-state index in [1.54, 1.807) is 37.3 Å². The molecule has 0 saturated heterocycles. The lowest BCUT2D eigenvalue weighted by Crippen LogP contribution is -2.46. The molecule has 0 aliphatic rings. The molecular weight excluding hydrogens is 557 g/mol. The van der Waals surface area contributed by atoms with Crippen LogP contribution in [-0.2, 0) is 22.5 Å². The number of carbonyl (C=O) groups excluding carboxylic acids is 2. The van der Waals surface area contributed by atoms with E-state index in [1.165, 1.54) is 28.4 Å². The maximum Gasteiger partial charge on any atom is 0.338 e. The van der Waals surface area contributed by atoms with Gasteiger partial charge in [0.05, 0.1) is 29.3 Å². The third kappa shape index (κ3) is 6.87. The minimum absolute atomic E-state index is 0.0359. The number of benzene rings is 3. The van der Waals surface area contributed by atoms with Gasteiger partial charge in [0.15, 0.2) is 0 Å². The van der Waals surface area contributed by atoms with E-state index in [1.807, 2.05) is 41.8 Å². The molecule has 0 spiro atoms. The van der Waals surface area contributed by atoms with E-state index in [4.69, 9.17) is 27.9 Å². The highest BCUT2D eigenvalue weighted by Gasteiger charge is 2.32. The quantitative estimate of drug-likeness (QED) is 0.199. The fourth-order valence-electron chi connectivity index (χ4n) is 4.18. The van der Waals surface area contributed by atoms with Crippen molar-refractivity contribution >= 4 is 52.4 Å². The molecule has 9 heteroatoms. The highest BCUT2D eigenvalue weighted by Crippen LogP contribution is 2.32. The fourth-order valence-corrected chi connectivity index (χ4v) is 5.57. The van der Waals surface area contributed by atoms with Gasteiger partial charge in [0.1, 0.15) is 6.04 Å². The van der Waals surface area contributed by atoms with Crippen molar-refractivity contribution in [2.75, 3.05) is 6.61 Å². The molecule has 1 N–H and O–H groups in total. The smallest absolute Gasteiger partial charge is 0.338 e. The molecule has 4 aromatic rings. The van der Waals surface area contributed by atoms with Gasteiger partial charge in [0, 0.05) is 16.3 Å². The van der Waals surface area contributed by atoms with Crippen LogP contribution in [0.25, 0.3) is 11.1 Å². The summed E-state index contributed by atoms with van der Waals surface area (Å²) in [6, 6.07) is 21.4. The summed E-state index contributed by atoms with van der Waals surface area (Å²) in [5.41, 5.74) is 3.04. The Hall–Kier alpha value is -3.65. The van der Waals surface area contributed by atoms with E-state index < -0.39 is 23.9 Å². The summed E-state index contributed by atoms with van der Waals surface area (Å²) in [7, 11) is 0. The summed E-state index contributed by atoms with van der Waals surface area (Å²) in [5, 5.41) is 12.7. The first-order valence-corrected chi connectivity index (χ1v) is 13.8. The van der Waals surface area contributed by atoms with Crippen LogP contribution in [0, 0.1) is 0 Å². The largest absolute Gasteiger partial charge is 0.480 e. The predicted octanol–water partition coefficient (Wildman–Crippen LogP) is 7.24. The van der Waals surface area contributed by atoms with Gasteiger partial charge in [-0.05, 0) is 65.4 Å². The van der Waals surface area contributed by atoms with E-state index in [-0.39, 0.29) is 30.2 Å². The standard InChI is InChI=1S/C30H25Cl2NO5S/c1-2-38-30(37)21-10-8-20(9-11-21)23-14-15-39-27(23)18-33(28(34)24-13-12-22(31)17-25(24)32)26(29(35)36)16-19-6-4-3-5-7-19/h3-15,17,26H,2,16,18H2,1H3,(H,35,36)/t26-/m0/s1. The molecule has 1 atom stereocenters. The average Bonchev–Trinajstić information content (AvgIpc) is 3.39. The Morgan fingerprint density at radius 1 is 0.974 bits per heavy atom. The third-order valence-electron chi connectivity index (χ3n) is 6.12. The number of halogens is 2. The first-order chi connectivity index (χ1) is 18.8. The topological polar surface area (TPSA) is 83.9 Å². The molecule has 0 fully saturated rings. The molecule has 0 aliphatic carbocycles. The molecule has 0 bridgehead atoms. The van der Waals surface area contributed by atoms with Crippen molar-refractivity contribution in [3.8, 4) is 11.1 Å². The van der Waals surface area contributed by atoms with Crippen LogP contribution in [0.4, 0.5) is 0 Å². The molecule has 39 heavy (non-hydrogen) atoms. The van der Waals surface area contributed by atoms with Crippen LogP contribution >= 0.6 is 34.5 Å². The number of carbonyl (C=O) groups is 3. The summed E-state index contributed by atoms with van der Waals surface area (Å²) < 4.78 is 5.06. The number of thiophene rings is 1. The van der Waals surface area contributed by atoms with Crippen molar-refractivity contribution in [2.45, 2.75) is 25.9 Å². The minimum atomic E-state index is -1.16. The van der Waals surface area contributed by atoms with Crippen molar-refractivity contribution in [2.24, 2.45) is 0 Å². The van der Waals surface area contributed by atoms with Crippen molar-refractivity contribution in [1.82, 2.24) is 4.90 Å². The molecule has 200 valence electrons. The molecular formula is C30H25Cl2NO5S. The van der Waals surface area contributed by atoms with Gasteiger partial charge in [-0.3, -0.25) is 4.79 Å². The monoisotopic (exact) mass is 581 g/mol. The van der Waals surface area contributed by atoms with E-state index in [2.05, 4.69) is 0 Å². The molecule has 0 unspecified atom stereocenters. The first kappa shape index (κ1) is 28.4. The summed E-state index contributed by atoms with van der Waals surface area (Å²) in [6.45, 7) is 2.06. The number of esters is 1. The minimum Gasteiger partial charge on any atom is -0.480 e. The maximum absolute atomic E-state index is 13.9. The fraction of sp³-hybridized carbons (Fsp3) is 0.167. The molecule has 4 rings (SSSR count). The molecule has 0 saturated carbocycles. The summed E-state index contributed by atoms with van der Waals surface area (Å²) in [6.07, 6.45) is 0.113. The molecule has 3 aromatic carbocycles. The second-order valence-electron chi connectivity index (χ2n) is 8.66. The third-order valence-corrected chi connectivity index (χ3v) is 7.58. The number of aliphatic carboxylic acids is 1. The zero-order valence-electron chi connectivity index (χ0n) is 21.0. The Bertz CT molecular complexity index is 1470. The van der Waals surface area contributed by atoms with Gasteiger partial charge in [-0.15, -0.1) is 11.3 Å². The van der Waals surface area contributed by atoms with E-state index in [9.17, 15) is 19.5 Å². The van der Waals surface area contributed by atoms with Crippen molar-refractivity contribution in [3.63, 3.8) is 0 Å². The summed E-state index contributed by atoms with van der Waals surface area (Å²) in [5.74, 6) is -2.05. The van der Waals surface area contributed by atoms with Gasteiger partial charge in [-0.25, -0.2) is 9.59 Å². The van der Waals surface area contributed by atoms with Gasteiger partial charge in [0.25, 0.3) is 5.91 Å². The van der Waals surface area contributed by atoms with Gasteiger partial charge < -0.3 is 14.7 Å². The highest BCUT2D eigenvalue weighted by molar-refractivity contribution is 7.10. The molecule has 1 amide bonds. The predicted molar refractivity (Wildman–Crippen MR) is 154 cm³/mol. The first-order valence-electron chi connectivity index (χ1n) is 12.1. The SMILES string of the molecule is CCOC(=O)c1ccc(-c2ccsc2CN(C(=O)c2ccc(Cl)cc2Cl)[C@@H](Cc2ccccc2)C(=O)O)cc1. The van der Waals surface area contributed by atoms with Crippen molar-refractivity contribution in [3.05, 3.63) is 116 Å². The number of hydrogen-bond acceptors (Lipinski definition) is 5. The molecule has 0 aliphatic heterocycles. The Kier molecular flexibility index (Phi) is 9.41. The van der Waals surface area contributed by atoms with Crippen LogP contribution in [0.1, 0.15) is 38.1 Å². The van der Waals surface area contributed by atoms with Crippen LogP contribution in [0.5, 0.6) is 0 Å². The number of nitrogens with zero attached hydrogens (tertiary/aromatic N) is 1. The number of carboxylic acids is 1. The van der Waals surface area contributed by atoms with Gasteiger partial charge in [-0.1, -0.05) is 65.7 Å². The van der Waals surface area contributed by atoms with Gasteiger partial charge in [-0.2, -0.15) is 0 Å². The van der Waals surface area contributed by atoms with E-state index in [0.717, 1.165) is 21.6 Å². The summed E-state index contributed by atoms with van der Waals surface area (Å²) >= 11 is 13.8. The van der Waals surface area contributed by atoms with Crippen molar-refractivity contribution < 1.29 is 24.2 Å². The lowest BCUT2D eigenvalue weighted by atomic mass is 10.0. The molecule has 0 radical (unpaired) electrons. The molecule has 6 nitrogen and oxygen atoms in total. The Morgan fingerprint density at radius 3 is 2.33 bits per heavy atom. The Labute approximate surface area is 240 Å². The van der Waals surface area contributed by atoms with Crippen LogP contribution in [0.3, 0.4) is 0 Å². The number of hydrogen-bond donors (Lipinski definition) is 1. The number of rotatable bonds is 10. The van der Waals surface area contributed by atoms with Crippen molar-refractivity contribution in [1.29, 1.82) is 0 Å². The van der Waals surface area contributed by atoms with Crippen LogP contribution in [-0.4, -0.2) is 40.5 Å². The number of ether oxygens (including phenoxy) is 1. The molecule has 1 heterocycles. The summed E-state index contributed by atoms with van der Waals surface area (Å²) in [4.78, 5) is 40.6. The Morgan fingerprint density at radius 2 is 1.69 bits per heavy atom. The maximum atomic E-state index is 13.9. The highest BCUT2D eigenvalue weighted by atomic mass is 35.5.